The van der Waals surface area contributed by atoms with Gasteiger partial charge in [0.15, 0.2) is 6.29 Å². The summed E-state index contributed by atoms with van der Waals surface area (Å²) in [6, 6.07) is 0. The van der Waals surface area contributed by atoms with E-state index in [0.717, 1.165) is 0 Å². The van der Waals surface area contributed by atoms with Gasteiger partial charge in [0, 0.05) is 0 Å². The molecule has 2 aliphatic rings. The fourth-order valence-electron chi connectivity index (χ4n) is 2.52. The summed E-state index contributed by atoms with van der Waals surface area (Å²) in [6.07, 6.45) is -13.0. The highest BCUT2D eigenvalue weighted by atomic mass is 16.8. The Hall–Kier alpha value is -0.440. The summed E-state index contributed by atoms with van der Waals surface area (Å²) < 4.78 is 15.4. The minimum Gasteiger partial charge on any atom is -0.394 e. The van der Waals surface area contributed by atoms with Gasteiger partial charge in [-0.3, -0.25) is 0 Å². The van der Waals surface area contributed by atoms with Gasteiger partial charge in [0.1, 0.15) is 49.3 Å². The third kappa shape index (κ3) is 3.36. The van der Waals surface area contributed by atoms with Crippen molar-refractivity contribution in [3.8, 4) is 0 Å². The van der Waals surface area contributed by atoms with Crippen molar-refractivity contribution in [2.24, 2.45) is 0 Å². The molecule has 0 aromatic rings. The van der Waals surface area contributed by atoms with Crippen LogP contribution in [0.25, 0.3) is 0 Å². The summed E-state index contributed by atoms with van der Waals surface area (Å²) in [5.41, 5.74) is 0. The van der Waals surface area contributed by atoms with E-state index in [9.17, 15) is 35.7 Å². The molecule has 9 atom stereocenters. The van der Waals surface area contributed by atoms with Crippen LogP contribution in [0.4, 0.5) is 0 Å². The van der Waals surface area contributed by atoms with Gasteiger partial charge in [0.2, 0.25) is 5.79 Å². The van der Waals surface area contributed by atoms with Crippen molar-refractivity contribution < 1.29 is 55.1 Å². The van der Waals surface area contributed by atoms with Crippen LogP contribution < -0.4 is 0 Å². The van der Waals surface area contributed by atoms with E-state index < -0.39 is 74.6 Å². The lowest BCUT2D eigenvalue weighted by molar-refractivity contribution is -0.415. The van der Waals surface area contributed by atoms with Crippen LogP contribution in [0.1, 0.15) is 0 Å². The van der Waals surface area contributed by atoms with Crippen molar-refractivity contribution in [1.82, 2.24) is 0 Å². The molecule has 2 aliphatic heterocycles. The minimum absolute atomic E-state index is 0.476. The highest BCUT2D eigenvalue weighted by Crippen LogP contribution is 2.32. The molecular weight excluding hydrogens is 320 g/mol. The topological polar surface area (TPSA) is 190 Å². The number of rotatable bonds is 4. The molecule has 0 aromatic heterocycles. The van der Waals surface area contributed by atoms with Gasteiger partial charge in [-0.1, -0.05) is 0 Å². The maximum atomic E-state index is 10.00. The summed E-state index contributed by atoms with van der Waals surface area (Å²) in [5.74, 6) is -2.23. The molecule has 11 heteroatoms. The predicted molar refractivity (Wildman–Crippen MR) is 68.6 cm³/mol. The first-order chi connectivity index (χ1) is 10.8. The normalized spacial score (nSPS) is 51.7. The molecule has 0 aromatic carbocycles. The highest BCUT2D eigenvalue weighted by Gasteiger charge is 2.55. The van der Waals surface area contributed by atoms with Gasteiger partial charge in [-0.2, -0.15) is 0 Å². The number of hydrogen-bond donors (Lipinski definition) is 8. The standard InChI is InChI=1S/C12H22O11/c13-1-5-7(17)8(18)9(19)11(22-5)23-12(3-14)10(20)6(16)4(15)2-21-12/h4-11,13-20H,1-3H2/t4-,5-,6-,7-,8+,9-,10+,11+,12?/m1/s1. The summed E-state index contributed by atoms with van der Waals surface area (Å²) in [4.78, 5) is 0. The molecule has 0 aliphatic carbocycles. The molecule has 11 nitrogen and oxygen atoms in total. The second kappa shape index (κ2) is 7.21. The van der Waals surface area contributed by atoms with Crippen molar-refractivity contribution in [3.05, 3.63) is 0 Å². The Labute approximate surface area is 130 Å². The van der Waals surface area contributed by atoms with E-state index in [1.807, 2.05) is 0 Å². The van der Waals surface area contributed by atoms with Crippen LogP contribution in [0.15, 0.2) is 0 Å². The molecule has 0 amide bonds. The molecule has 2 saturated heterocycles. The fraction of sp³-hybridized carbons (Fsp3) is 1.00. The average Bonchev–Trinajstić information content (AvgIpc) is 2.56. The number of hydrogen-bond acceptors (Lipinski definition) is 11. The van der Waals surface area contributed by atoms with E-state index in [-0.39, 0.29) is 0 Å². The summed E-state index contributed by atoms with van der Waals surface area (Å²) >= 11 is 0. The molecule has 0 bridgehead atoms. The van der Waals surface area contributed by atoms with Crippen LogP contribution in [-0.4, -0.2) is 115 Å². The van der Waals surface area contributed by atoms with Gasteiger partial charge in [0.25, 0.3) is 0 Å². The maximum Gasteiger partial charge on any atom is 0.223 e. The zero-order valence-corrected chi connectivity index (χ0v) is 12.0. The van der Waals surface area contributed by atoms with E-state index in [1.165, 1.54) is 0 Å². The molecule has 0 radical (unpaired) electrons. The molecule has 1 unspecified atom stereocenters. The Bertz CT molecular complexity index is 393. The van der Waals surface area contributed by atoms with E-state index >= 15 is 0 Å². The van der Waals surface area contributed by atoms with Gasteiger partial charge in [0.05, 0.1) is 13.2 Å². The first-order valence-electron chi connectivity index (χ1n) is 7.04. The molecule has 2 heterocycles. The van der Waals surface area contributed by atoms with Gasteiger partial charge < -0.3 is 55.1 Å². The second-order valence-corrected chi connectivity index (χ2v) is 5.60. The molecule has 2 fully saturated rings. The van der Waals surface area contributed by atoms with Crippen molar-refractivity contribution in [1.29, 1.82) is 0 Å². The van der Waals surface area contributed by atoms with Crippen molar-refractivity contribution in [3.63, 3.8) is 0 Å². The quantitative estimate of drug-likeness (QED) is 0.243. The summed E-state index contributed by atoms with van der Waals surface area (Å²) in [6.45, 7) is -2.13. The zero-order chi connectivity index (χ0) is 17.4. The van der Waals surface area contributed by atoms with Gasteiger partial charge in [-0.25, -0.2) is 0 Å². The van der Waals surface area contributed by atoms with Gasteiger partial charge in [-0.05, 0) is 0 Å². The van der Waals surface area contributed by atoms with Gasteiger partial charge in [-0.15, -0.1) is 0 Å². The smallest absolute Gasteiger partial charge is 0.223 e. The van der Waals surface area contributed by atoms with Crippen molar-refractivity contribution >= 4 is 0 Å². The second-order valence-electron chi connectivity index (χ2n) is 5.60. The number of ether oxygens (including phenoxy) is 3. The van der Waals surface area contributed by atoms with E-state index in [2.05, 4.69) is 0 Å². The third-order valence-corrected chi connectivity index (χ3v) is 4.05. The van der Waals surface area contributed by atoms with Crippen molar-refractivity contribution in [2.75, 3.05) is 19.8 Å². The van der Waals surface area contributed by atoms with Crippen molar-refractivity contribution in [2.45, 2.75) is 54.8 Å². The zero-order valence-electron chi connectivity index (χ0n) is 12.0. The Morgan fingerprint density at radius 2 is 1.57 bits per heavy atom. The Kier molecular flexibility index (Phi) is 5.92. The lowest BCUT2D eigenvalue weighted by Gasteiger charge is -2.48. The lowest BCUT2D eigenvalue weighted by Crippen LogP contribution is -2.68. The average molecular weight is 342 g/mol. The lowest BCUT2D eigenvalue weighted by atomic mass is 9.96. The molecule has 0 spiro atoms. The molecule has 23 heavy (non-hydrogen) atoms. The molecular formula is C12H22O11. The first kappa shape index (κ1) is 18.9. The van der Waals surface area contributed by atoms with Gasteiger partial charge >= 0.3 is 0 Å². The maximum absolute atomic E-state index is 10.00. The molecule has 8 N–H and O–H groups in total. The number of aliphatic hydroxyl groups is 8. The highest BCUT2D eigenvalue weighted by molar-refractivity contribution is 4.95. The molecule has 0 saturated carbocycles. The van der Waals surface area contributed by atoms with Crippen LogP contribution in [0, 0.1) is 0 Å². The first-order valence-corrected chi connectivity index (χ1v) is 7.04. The number of aliphatic hydroxyl groups excluding tert-OH is 8. The SMILES string of the molecule is OC[C@H]1O[C@@H](OC2(CO)OC[C@@H](O)[C@@H](O)[C@@H]2O)[C@H](O)[C@@H](O)[C@@H]1O. The summed E-state index contributed by atoms with van der Waals surface area (Å²) in [5, 5.41) is 77.0. The third-order valence-electron chi connectivity index (χ3n) is 4.05. The van der Waals surface area contributed by atoms with E-state index in [0.29, 0.717) is 0 Å². The minimum atomic E-state index is -2.23. The van der Waals surface area contributed by atoms with Crippen LogP contribution in [0.2, 0.25) is 0 Å². The fourth-order valence-corrected chi connectivity index (χ4v) is 2.52. The predicted octanol–water partition coefficient (Wildman–Crippen LogP) is -5.40. The Balaban J connectivity index is 2.17. The Morgan fingerprint density at radius 1 is 0.913 bits per heavy atom. The molecule has 136 valence electrons. The van der Waals surface area contributed by atoms with E-state index in [1.54, 1.807) is 0 Å². The largest absolute Gasteiger partial charge is 0.394 e. The Morgan fingerprint density at radius 3 is 2.13 bits per heavy atom. The van der Waals surface area contributed by atoms with Crippen LogP contribution in [-0.2, 0) is 14.2 Å². The van der Waals surface area contributed by atoms with E-state index in [4.69, 9.17) is 19.3 Å². The van der Waals surface area contributed by atoms with Crippen LogP contribution >= 0.6 is 0 Å². The van der Waals surface area contributed by atoms with Crippen LogP contribution in [0.3, 0.4) is 0 Å². The van der Waals surface area contributed by atoms with Crippen LogP contribution in [0.5, 0.6) is 0 Å². The molecule has 2 rings (SSSR count). The monoisotopic (exact) mass is 342 g/mol. The summed E-state index contributed by atoms with van der Waals surface area (Å²) in [7, 11) is 0.